The van der Waals surface area contributed by atoms with E-state index in [1.807, 2.05) is 42.5 Å². The van der Waals surface area contributed by atoms with Crippen LogP contribution in [-0.4, -0.2) is 19.3 Å². The second-order valence-electron chi connectivity index (χ2n) is 5.43. The van der Waals surface area contributed by atoms with Crippen LogP contribution in [0.5, 0.6) is 11.7 Å². The van der Waals surface area contributed by atoms with Crippen molar-refractivity contribution in [2.75, 3.05) is 13.2 Å². The Morgan fingerprint density at radius 1 is 1.24 bits per heavy atom. The zero-order valence-corrected chi connectivity index (χ0v) is 12.2. The van der Waals surface area contributed by atoms with E-state index in [4.69, 9.17) is 13.9 Å². The van der Waals surface area contributed by atoms with E-state index in [1.165, 1.54) is 0 Å². The highest BCUT2D eigenvalue weighted by Gasteiger charge is 2.21. The molecule has 4 nitrogen and oxygen atoms in total. The third kappa shape index (κ3) is 3.86. The summed E-state index contributed by atoms with van der Waals surface area (Å²) in [6.45, 7) is 4.64. The van der Waals surface area contributed by atoms with Crippen molar-refractivity contribution in [2.45, 2.75) is 25.9 Å². The van der Waals surface area contributed by atoms with Gasteiger partial charge in [-0.15, -0.1) is 0 Å². The molecule has 21 heavy (non-hydrogen) atoms. The van der Waals surface area contributed by atoms with Crippen molar-refractivity contribution >= 4 is 0 Å². The van der Waals surface area contributed by atoms with Gasteiger partial charge in [-0.05, 0) is 37.5 Å². The number of rotatable bonds is 6. The summed E-state index contributed by atoms with van der Waals surface area (Å²) in [5, 5.41) is 3.49. The molecule has 1 N–H and O–H groups in total. The summed E-state index contributed by atoms with van der Waals surface area (Å²) < 4.78 is 16.8. The van der Waals surface area contributed by atoms with Gasteiger partial charge in [-0.1, -0.05) is 18.2 Å². The SMILES string of the molecule is C[C@@H](NCc1ccc(Oc2ccccc2)o1)[C@@H]1CCOC1. The molecule has 1 saturated heterocycles. The van der Waals surface area contributed by atoms with Crippen LogP contribution in [0.3, 0.4) is 0 Å². The quantitative estimate of drug-likeness (QED) is 0.882. The normalized spacial score (nSPS) is 19.6. The monoisotopic (exact) mass is 287 g/mol. The van der Waals surface area contributed by atoms with Gasteiger partial charge in [0.1, 0.15) is 11.5 Å². The van der Waals surface area contributed by atoms with Gasteiger partial charge >= 0.3 is 0 Å². The van der Waals surface area contributed by atoms with Crippen molar-refractivity contribution in [1.29, 1.82) is 0 Å². The van der Waals surface area contributed by atoms with Crippen LogP contribution in [0.15, 0.2) is 46.9 Å². The van der Waals surface area contributed by atoms with Gasteiger partial charge in [-0.2, -0.15) is 0 Å². The van der Waals surface area contributed by atoms with Crippen molar-refractivity contribution in [3.05, 3.63) is 48.2 Å². The molecule has 1 fully saturated rings. The predicted molar refractivity (Wildman–Crippen MR) is 80.5 cm³/mol. The first-order valence-electron chi connectivity index (χ1n) is 7.44. The maximum absolute atomic E-state index is 5.68. The Balaban J connectivity index is 1.50. The molecule has 2 atom stereocenters. The fraction of sp³-hybridized carbons (Fsp3) is 0.412. The molecule has 0 spiro atoms. The minimum Gasteiger partial charge on any atom is -0.429 e. The van der Waals surface area contributed by atoms with Crippen LogP contribution in [0.1, 0.15) is 19.1 Å². The van der Waals surface area contributed by atoms with Gasteiger partial charge in [0.25, 0.3) is 5.95 Å². The Morgan fingerprint density at radius 3 is 2.86 bits per heavy atom. The molecule has 0 saturated carbocycles. The zero-order valence-electron chi connectivity index (χ0n) is 12.2. The molecule has 1 aromatic carbocycles. The minimum atomic E-state index is 0.427. The largest absolute Gasteiger partial charge is 0.429 e. The predicted octanol–water partition coefficient (Wildman–Crippen LogP) is 3.59. The molecule has 2 heterocycles. The molecule has 4 heteroatoms. The highest BCUT2D eigenvalue weighted by Crippen LogP contribution is 2.23. The first-order chi connectivity index (χ1) is 10.3. The van der Waals surface area contributed by atoms with Crippen LogP contribution < -0.4 is 10.1 Å². The first-order valence-corrected chi connectivity index (χ1v) is 7.44. The Labute approximate surface area is 125 Å². The molecule has 0 radical (unpaired) electrons. The van der Waals surface area contributed by atoms with Gasteiger partial charge in [0.2, 0.25) is 0 Å². The van der Waals surface area contributed by atoms with E-state index in [-0.39, 0.29) is 0 Å². The van der Waals surface area contributed by atoms with Crippen molar-refractivity contribution in [1.82, 2.24) is 5.32 Å². The third-order valence-electron chi connectivity index (χ3n) is 3.87. The molecule has 1 aliphatic rings. The van der Waals surface area contributed by atoms with Gasteiger partial charge in [-0.25, -0.2) is 0 Å². The van der Waals surface area contributed by atoms with E-state index >= 15 is 0 Å². The molecular weight excluding hydrogens is 266 g/mol. The average molecular weight is 287 g/mol. The second-order valence-corrected chi connectivity index (χ2v) is 5.43. The molecule has 0 amide bonds. The van der Waals surface area contributed by atoms with E-state index in [2.05, 4.69) is 12.2 Å². The standard InChI is InChI=1S/C17H21NO3/c1-13(14-9-10-19-12-14)18-11-16-7-8-17(21-16)20-15-5-3-2-4-6-15/h2-8,13-14,18H,9-12H2,1H3/t13-,14-/m1/s1. The summed E-state index contributed by atoms with van der Waals surface area (Å²) in [4.78, 5) is 0. The number of hydrogen-bond acceptors (Lipinski definition) is 4. The summed E-state index contributed by atoms with van der Waals surface area (Å²) in [7, 11) is 0. The zero-order chi connectivity index (χ0) is 14.5. The molecule has 1 aromatic heterocycles. The van der Waals surface area contributed by atoms with Gasteiger partial charge < -0.3 is 19.2 Å². The fourth-order valence-corrected chi connectivity index (χ4v) is 2.49. The van der Waals surface area contributed by atoms with Crippen molar-refractivity contribution in [2.24, 2.45) is 5.92 Å². The second kappa shape index (κ2) is 6.78. The Bertz CT molecular complexity index is 546. The lowest BCUT2D eigenvalue weighted by Crippen LogP contribution is -2.33. The van der Waals surface area contributed by atoms with Gasteiger partial charge in [0.05, 0.1) is 13.2 Å². The topological polar surface area (TPSA) is 43.6 Å². The average Bonchev–Trinajstić information content (AvgIpc) is 3.17. The Morgan fingerprint density at radius 2 is 2.10 bits per heavy atom. The summed E-state index contributed by atoms with van der Waals surface area (Å²) in [6.07, 6.45) is 1.13. The summed E-state index contributed by atoms with van der Waals surface area (Å²) in [5.74, 6) is 2.78. The van der Waals surface area contributed by atoms with Crippen molar-refractivity contribution in [3.8, 4) is 11.7 Å². The van der Waals surface area contributed by atoms with Crippen LogP contribution in [0, 0.1) is 5.92 Å². The van der Waals surface area contributed by atoms with Crippen LogP contribution in [-0.2, 0) is 11.3 Å². The highest BCUT2D eigenvalue weighted by molar-refractivity contribution is 5.26. The van der Waals surface area contributed by atoms with Crippen molar-refractivity contribution < 1.29 is 13.9 Å². The van der Waals surface area contributed by atoms with Crippen LogP contribution in [0.25, 0.3) is 0 Å². The maximum atomic E-state index is 5.68. The molecular formula is C17H21NO3. The van der Waals surface area contributed by atoms with Crippen LogP contribution in [0.2, 0.25) is 0 Å². The smallest absolute Gasteiger partial charge is 0.290 e. The van der Waals surface area contributed by atoms with Gasteiger partial charge in [0, 0.05) is 18.7 Å². The van der Waals surface area contributed by atoms with Gasteiger partial charge in [-0.3, -0.25) is 0 Å². The molecule has 0 bridgehead atoms. The van der Waals surface area contributed by atoms with Crippen LogP contribution >= 0.6 is 0 Å². The first kappa shape index (κ1) is 14.2. The lowest BCUT2D eigenvalue weighted by atomic mass is 10.0. The van der Waals surface area contributed by atoms with Crippen LogP contribution in [0.4, 0.5) is 0 Å². The Kier molecular flexibility index (Phi) is 4.58. The third-order valence-corrected chi connectivity index (χ3v) is 3.87. The Hall–Kier alpha value is -1.78. The van der Waals surface area contributed by atoms with Gasteiger partial charge in [0.15, 0.2) is 0 Å². The lowest BCUT2D eigenvalue weighted by Gasteiger charge is -2.18. The number of hydrogen-bond donors (Lipinski definition) is 1. The highest BCUT2D eigenvalue weighted by atomic mass is 16.6. The molecule has 0 aliphatic carbocycles. The molecule has 1 aliphatic heterocycles. The lowest BCUT2D eigenvalue weighted by molar-refractivity contribution is 0.177. The number of nitrogens with one attached hydrogen (secondary N) is 1. The molecule has 112 valence electrons. The minimum absolute atomic E-state index is 0.427. The van der Waals surface area contributed by atoms with E-state index < -0.39 is 0 Å². The molecule has 0 unspecified atom stereocenters. The van der Waals surface area contributed by atoms with E-state index in [0.29, 0.717) is 24.5 Å². The number of para-hydroxylation sites is 1. The van der Waals surface area contributed by atoms with E-state index in [0.717, 1.165) is 31.1 Å². The maximum Gasteiger partial charge on any atom is 0.290 e. The molecule has 3 rings (SSSR count). The van der Waals surface area contributed by atoms with E-state index in [1.54, 1.807) is 0 Å². The number of benzene rings is 1. The van der Waals surface area contributed by atoms with Crippen molar-refractivity contribution in [3.63, 3.8) is 0 Å². The fourth-order valence-electron chi connectivity index (χ4n) is 2.49. The number of furan rings is 1. The van der Waals surface area contributed by atoms with E-state index in [9.17, 15) is 0 Å². The summed E-state index contributed by atoms with van der Waals surface area (Å²) in [6, 6.07) is 13.9. The summed E-state index contributed by atoms with van der Waals surface area (Å²) in [5.41, 5.74) is 0. The molecule has 2 aromatic rings. The summed E-state index contributed by atoms with van der Waals surface area (Å²) >= 11 is 0. The number of ether oxygens (including phenoxy) is 2.